The van der Waals surface area contributed by atoms with Crippen molar-refractivity contribution in [3.63, 3.8) is 0 Å². The molecule has 0 saturated heterocycles. The highest BCUT2D eigenvalue weighted by molar-refractivity contribution is 5.94. The first-order valence-electron chi connectivity index (χ1n) is 5.59. The average molecular weight is 216 g/mol. The topological polar surface area (TPSA) is 40.5 Å². The minimum Gasteiger partial charge on any atom is -0.507 e. The largest absolute Gasteiger partial charge is 0.507 e. The Hall–Kier alpha value is -1.70. The Labute approximate surface area is 95.2 Å². The summed E-state index contributed by atoms with van der Waals surface area (Å²) in [6.45, 7) is 3.92. The van der Waals surface area contributed by atoms with E-state index in [2.05, 4.69) is 0 Å². The van der Waals surface area contributed by atoms with E-state index in [4.69, 9.17) is 0 Å². The molecule has 0 saturated carbocycles. The van der Waals surface area contributed by atoms with E-state index < -0.39 is 0 Å². The number of rotatable bonds is 2. The third-order valence-corrected chi connectivity index (χ3v) is 3.01. The summed E-state index contributed by atoms with van der Waals surface area (Å²) in [6.07, 6.45) is 1.60. The third kappa shape index (κ3) is 1.51. The monoisotopic (exact) mass is 216 g/mol. The van der Waals surface area contributed by atoms with E-state index >= 15 is 0 Å². The molecule has 2 N–H and O–H groups in total. The number of hydrogen-bond donors (Lipinski definition) is 2. The van der Waals surface area contributed by atoms with Gasteiger partial charge in [-0.1, -0.05) is 37.6 Å². The van der Waals surface area contributed by atoms with Crippen molar-refractivity contribution in [2.24, 2.45) is 0 Å². The first-order chi connectivity index (χ1) is 7.66. The first-order valence-corrected chi connectivity index (χ1v) is 5.59. The average Bonchev–Trinajstić information content (AvgIpc) is 2.32. The van der Waals surface area contributed by atoms with E-state index in [1.54, 1.807) is 0 Å². The van der Waals surface area contributed by atoms with Crippen LogP contribution < -0.4 is 0 Å². The van der Waals surface area contributed by atoms with Crippen molar-refractivity contribution in [1.82, 2.24) is 0 Å². The van der Waals surface area contributed by atoms with Crippen LogP contribution in [0.4, 0.5) is 0 Å². The van der Waals surface area contributed by atoms with Gasteiger partial charge in [-0.25, -0.2) is 0 Å². The number of fused-ring (bicyclic) bond motifs is 1. The van der Waals surface area contributed by atoms with Gasteiger partial charge in [0.2, 0.25) is 0 Å². The van der Waals surface area contributed by atoms with Crippen molar-refractivity contribution in [1.29, 1.82) is 0 Å². The second kappa shape index (κ2) is 4.05. The van der Waals surface area contributed by atoms with Crippen molar-refractivity contribution in [2.75, 3.05) is 0 Å². The highest BCUT2D eigenvalue weighted by atomic mass is 16.3. The summed E-state index contributed by atoms with van der Waals surface area (Å²) in [5.74, 6) is 0.457. The van der Waals surface area contributed by atoms with E-state index in [-0.39, 0.29) is 11.5 Å². The molecule has 0 amide bonds. The molecular formula is C14H16O2. The summed E-state index contributed by atoms with van der Waals surface area (Å²) in [5, 5.41) is 21.9. The number of hydrogen-bond acceptors (Lipinski definition) is 2. The molecular weight excluding hydrogens is 200 g/mol. The van der Waals surface area contributed by atoms with Crippen molar-refractivity contribution in [3.8, 4) is 11.5 Å². The zero-order chi connectivity index (χ0) is 11.7. The van der Waals surface area contributed by atoms with Gasteiger partial charge in [-0.2, -0.15) is 0 Å². The Kier molecular flexibility index (Phi) is 2.73. The molecule has 0 fully saturated rings. The fourth-order valence-corrected chi connectivity index (χ4v) is 2.13. The highest BCUT2D eigenvalue weighted by Gasteiger charge is 2.14. The number of phenols is 2. The van der Waals surface area contributed by atoms with Crippen molar-refractivity contribution < 1.29 is 10.2 Å². The molecule has 0 radical (unpaired) electrons. The van der Waals surface area contributed by atoms with E-state index in [1.165, 1.54) is 0 Å². The summed E-state index contributed by atoms with van der Waals surface area (Å²) >= 11 is 0. The maximum atomic E-state index is 10.1. The molecule has 0 aliphatic carbocycles. The van der Waals surface area contributed by atoms with E-state index in [1.807, 2.05) is 38.1 Å². The van der Waals surface area contributed by atoms with Crippen LogP contribution in [0.2, 0.25) is 0 Å². The molecule has 0 spiro atoms. The Morgan fingerprint density at radius 2 is 1.62 bits per heavy atom. The zero-order valence-electron chi connectivity index (χ0n) is 9.62. The molecule has 0 aromatic heterocycles. The SMILES string of the molecule is CCCc1c(O)c(C)c2ccccc2c1O. The lowest BCUT2D eigenvalue weighted by molar-refractivity contribution is 0.439. The smallest absolute Gasteiger partial charge is 0.130 e. The van der Waals surface area contributed by atoms with E-state index in [0.717, 1.165) is 22.8 Å². The molecule has 0 aliphatic heterocycles. The number of phenolic OH excluding ortho intramolecular Hbond substituents is 2. The van der Waals surface area contributed by atoms with Crippen LogP contribution in [0.3, 0.4) is 0 Å². The molecule has 0 atom stereocenters. The second-order valence-corrected chi connectivity index (χ2v) is 4.10. The van der Waals surface area contributed by atoms with Gasteiger partial charge < -0.3 is 10.2 Å². The van der Waals surface area contributed by atoms with Gasteiger partial charge in [0.25, 0.3) is 0 Å². The van der Waals surface area contributed by atoms with Crippen LogP contribution in [-0.4, -0.2) is 10.2 Å². The van der Waals surface area contributed by atoms with Gasteiger partial charge in [-0.05, 0) is 24.3 Å². The molecule has 2 rings (SSSR count). The summed E-state index contributed by atoms with van der Waals surface area (Å²) in [4.78, 5) is 0. The minimum atomic E-state index is 0.223. The maximum Gasteiger partial charge on any atom is 0.130 e. The zero-order valence-corrected chi connectivity index (χ0v) is 9.62. The van der Waals surface area contributed by atoms with Gasteiger partial charge in [0.15, 0.2) is 0 Å². The van der Waals surface area contributed by atoms with Crippen molar-refractivity contribution in [2.45, 2.75) is 26.7 Å². The number of aromatic hydroxyl groups is 2. The van der Waals surface area contributed by atoms with Crippen LogP contribution in [0.1, 0.15) is 24.5 Å². The summed E-state index contributed by atoms with van der Waals surface area (Å²) in [6, 6.07) is 7.61. The van der Waals surface area contributed by atoms with Gasteiger partial charge in [0, 0.05) is 10.9 Å². The normalized spacial score (nSPS) is 10.9. The number of benzene rings is 2. The maximum absolute atomic E-state index is 10.1. The van der Waals surface area contributed by atoms with Crippen molar-refractivity contribution in [3.05, 3.63) is 35.4 Å². The van der Waals surface area contributed by atoms with Gasteiger partial charge in [-0.15, -0.1) is 0 Å². The molecule has 2 aromatic carbocycles. The van der Waals surface area contributed by atoms with Gasteiger partial charge in [-0.3, -0.25) is 0 Å². The molecule has 2 nitrogen and oxygen atoms in total. The summed E-state index contributed by atoms with van der Waals surface area (Å²) in [7, 11) is 0. The lowest BCUT2D eigenvalue weighted by Crippen LogP contribution is -1.91. The molecule has 2 heteroatoms. The Bertz CT molecular complexity index is 530. The highest BCUT2D eigenvalue weighted by Crippen LogP contribution is 2.39. The van der Waals surface area contributed by atoms with Crippen LogP contribution in [-0.2, 0) is 6.42 Å². The second-order valence-electron chi connectivity index (χ2n) is 4.10. The molecule has 0 unspecified atom stereocenters. The standard InChI is InChI=1S/C14H16O2/c1-3-6-12-13(15)9(2)10-7-4-5-8-11(10)14(12)16/h4-5,7-8,15-16H,3,6H2,1-2H3. The van der Waals surface area contributed by atoms with Crippen LogP contribution in [0, 0.1) is 6.92 Å². The molecule has 0 heterocycles. The fourth-order valence-electron chi connectivity index (χ4n) is 2.13. The fraction of sp³-hybridized carbons (Fsp3) is 0.286. The van der Waals surface area contributed by atoms with Crippen LogP contribution >= 0.6 is 0 Å². The molecule has 84 valence electrons. The molecule has 0 aliphatic rings. The Morgan fingerprint density at radius 3 is 2.25 bits per heavy atom. The molecule has 16 heavy (non-hydrogen) atoms. The first kappa shape index (κ1) is 10.8. The lowest BCUT2D eigenvalue weighted by Gasteiger charge is -2.13. The van der Waals surface area contributed by atoms with Crippen molar-refractivity contribution >= 4 is 10.8 Å². The summed E-state index contributed by atoms with van der Waals surface area (Å²) < 4.78 is 0. The van der Waals surface area contributed by atoms with Crippen LogP contribution in [0.25, 0.3) is 10.8 Å². The quantitative estimate of drug-likeness (QED) is 0.806. The van der Waals surface area contributed by atoms with Gasteiger partial charge in [0.1, 0.15) is 11.5 Å². The Balaban J connectivity index is 2.83. The van der Waals surface area contributed by atoms with Crippen LogP contribution in [0.5, 0.6) is 11.5 Å². The van der Waals surface area contributed by atoms with E-state index in [9.17, 15) is 10.2 Å². The lowest BCUT2D eigenvalue weighted by atomic mass is 9.96. The van der Waals surface area contributed by atoms with E-state index in [0.29, 0.717) is 12.0 Å². The Morgan fingerprint density at radius 1 is 1.00 bits per heavy atom. The predicted octanol–water partition coefficient (Wildman–Crippen LogP) is 3.51. The number of aryl methyl sites for hydroxylation is 1. The van der Waals surface area contributed by atoms with Gasteiger partial charge >= 0.3 is 0 Å². The third-order valence-electron chi connectivity index (χ3n) is 3.01. The summed E-state index contributed by atoms with van der Waals surface area (Å²) in [5.41, 5.74) is 1.51. The minimum absolute atomic E-state index is 0.223. The predicted molar refractivity (Wildman–Crippen MR) is 66.0 cm³/mol. The molecule has 0 bridgehead atoms. The van der Waals surface area contributed by atoms with Gasteiger partial charge in [0.05, 0.1) is 0 Å². The molecule has 2 aromatic rings. The van der Waals surface area contributed by atoms with Crippen LogP contribution in [0.15, 0.2) is 24.3 Å².